The van der Waals surface area contributed by atoms with Gasteiger partial charge in [0.2, 0.25) is 0 Å². The maximum Gasteiger partial charge on any atom is 0.294 e. The number of piperidine rings is 1. The number of carbonyl (C=O) groups excluding carboxylic acids is 1. The number of fused-ring (bicyclic) bond motifs is 1. The molecule has 2 heterocycles. The summed E-state index contributed by atoms with van der Waals surface area (Å²) in [6.45, 7) is 10.1. The Hall–Kier alpha value is -2.68. The van der Waals surface area contributed by atoms with Crippen LogP contribution in [0, 0.1) is 27.7 Å². The molecule has 1 aliphatic rings. The van der Waals surface area contributed by atoms with E-state index in [0.717, 1.165) is 42.6 Å². The van der Waals surface area contributed by atoms with E-state index >= 15 is 0 Å². The molecule has 0 aliphatic carbocycles. The van der Waals surface area contributed by atoms with Crippen LogP contribution in [0.4, 0.5) is 0 Å². The normalized spacial score (nSPS) is 16.8. The monoisotopic (exact) mass is 471 g/mol. The first kappa shape index (κ1) is 25.0. The fourth-order valence-corrected chi connectivity index (χ4v) is 4.76. The second-order valence-corrected chi connectivity index (χ2v) is 10.4. The maximum atomic E-state index is 12.7. The molecule has 2 aromatic carbocycles. The highest BCUT2D eigenvalue weighted by atomic mass is 32.2. The quantitative estimate of drug-likeness (QED) is 0.498. The van der Waals surface area contributed by atoms with E-state index in [1.807, 2.05) is 13.8 Å². The lowest BCUT2D eigenvalue weighted by Crippen LogP contribution is -2.46. The summed E-state index contributed by atoms with van der Waals surface area (Å²) < 4.78 is 29.6. The minimum Gasteiger partial charge on any atom is -0.350 e. The van der Waals surface area contributed by atoms with Crippen molar-refractivity contribution in [1.29, 1.82) is 0 Å². The minimum atomic E-state index is -4.02. The van der Waals surface area contributed by atoms with Crippen LogP contribution in [0.3, 0.4) is 0 Å². The summed E-state index contributed by atoms with van der Waals surface area (Å²) in [4.78, 5) is 18.2. The molecule has 1 amide bonds. The van der Waals surface area contributed by atoms with Crippen LogP contribution in [-0.2, 0) is 10.1 Å². The number of aryl methyl sites for hydroxylation is 4. The second kappa shape index (κ2) is 10.1. The fourth-order valence-electron chi connectivity index (χ4n) is 4.28. The number of hydrogen-bond donors (Lipinski definition) is 3. The van der Waals surface area contributed by atoms with Crippen LogP contribution >= 0.6 is 0 Å². The van der Waals surface area contributed by atoms with Gasteiger partial charge in [-0.3, -0.25) is 9.35 Å². The number of likely N-dealkylation sites (N-methyl/N-ethyl adjacent to an activating group) is 1. The third kappa shape index (κ3) is 6.01. The van der Waals surface area contributed by atoms with Gasteiger partial charge in [-0.05, 0) is 83.0 Å². The summed E-state index contributed by atoms with van der Waals surface area (Å²) in [7, 11) is -1.91. The molecular weight excluding hydrogens is 438 g/mol. The lowest BCUT2D eigenvalue weighted by Gasteiger charge is -2.30. The molecule has 33 heavy (non-hydrogen) atoms. The van der Waals surface area contributed by atoms with E-state index in [9.17, 15) is 13.2 Å². The van der Waals surface area contributed by atoms with Gasteiger partial charge < -0.3 is 15.2 Å². The molecule has 1 atom stereocenters. The molecule has 1 fully saturated rings. The fraction of sp³-hybridized carbons (Fsp3) is 0.400. The van der Waals surface area contributed by atoms with Crippen LogP contribution in [0.15, 0.2) is 41.3 Å². The lowest BCUT2D eigenvalue weighted by molar-refractivity contribution is 0.0907. The van der Waals surface area contributed by atoms with Gasteiger partial charge in [0.25, 0.3) is 16.0 Å². The summed E-state index contributed by atoms with van der Waals surface area (Å²) >= 11 is 0. The molecule has 0 spiro atoms. The highest BCUT2D eigenvalue weighted by Crippen LogP contribution is 2.27. The first-order valence-corrected chi connectivity index (χ1v) is 12.5. The third-order valence-electron chi connectivity index (χ3n) is 6.13. The van der Waals surface area contributed by atoms with Crippen molar-refractivity contribution in [2.75, 3.05) is 20.1 Å². The SMILES string of the molecule is Cc1ccc(C)c2c(C)c(C(=O)NC3CCCN(C)C3)[nH]c12.Cc1ccc(S(=O)(=O)O)cc1. The molecule has 1 aromatic heterocycles. The number of H-pyrrole nitrogens is 1. The Morgan fingerprint density at radius 1 is 1.06 bits per heavy atom. The number of nitrogens with zero attached hydrogens (tertiary/aromatic N) is 1. The van der Waals surface area contributed by atoms with Gasteiger partial charge in [-0.2, -0.15) is 8.42 Å². The van der Waals surface area contributed by atoms with Crippen molar-refractivity contribution in [1.82, 2.24) is 15.2 Å². The zero-order valence-corrected chi connectivity index (χ0v) is 20.7. The van der Waals surface area contributed by atoms with Crippen LogP contribution in [0.1, 0.15) is 45.6 Å². The Kier molecular flexibility index (Phi) is 7.62. The average Bonchev–Trinajstić information content (AvgIpc) is 3.10. The van der Waals surface area contributed by atoms with E-state index in [1.165, 1.54) is 28.6 Å². The van der Waals surface area contributed by atoms with Crippen molar-refractivity contribution in [2.45, 2.75) is 51.5 Å². The van der Waals surface area contributed by atoms with E-state index in [0.29, 0.717) is 5.69 Å². The molecule has 4 rings (SSSR count). The van der Waals surface area contributed by atoms with Crippen molar-refractivity contribution in [3.63, 3.8) is 0 Å². The minimum absolute atomic E-state index is 0.0211. The van der Waals surface area contributed by atoms with Gasteiger partial charge in [-0.25, -0.2) is 0 Å². The number of carbonyl (C=O) groups is 1. The van der Waals surface area contributed by atoms with Gasteiger partial charge in [0, 0.05) is 23.5 Å². The van der Waals surface area contributed by atoms with E-state index in [1.54, 1.807) is 12.1 Å². The van der Waals surface area contributed by atoms with E-state index in [4.69, 9.17) is 4.55 Å². The van der Waals surface area contributed by atoms with Gasteiger partial charge in [0.15, 0.2) is 0 Å². The number of aromatic amines is 1. The summed E-state index contributed by atoms with van der Waals surface area (Å²) in [6.07, 6.45) is 2.21. The van der Waals surface area contributed by atoms with Crippen molar-refractivity contribution in [3.05, 3.63) is 64.3 Å². The largest absolute Gasteiger partial charge is 0.350 e. The number of hydrogen-bond acceptors (Lipinski definition) is 4. The molecule has 0 saturated carbocycles. The highest BCUT2D eigenvalue weighted by Gasteiger charge is 2.22. The Morgan fingerprint density at radius 3 is 2.27 bits per heavy atom. The van der Waals surface area contributed by atoms with Crippen LogP contribution in [0.25, 0.3) is 10.9 Å². The van der Waals surface area contributed by atoms with Crippen LogP contribution in [0.5, 0.6) is 0 Å². The van der Waals surface area contributed by atoms with Crippen molar-refractivity contribution in [2.24, 2.45) is 0 Å². The van der Waals surface area contributed by atoms with E-state index < -0.39 is 10.1 Å². The topological polar surface area (TPSA) is 103 Å². The van der Waals surface area contributed by atoms with E-state index in [-0.39, 0.29) is 16.8 Å². The summed E-state index contributed by atoms with van der Waals surface area (Å²) in [5.74, 6) is 0.0211. The van der Waals surface area contributed by atoms with Crippen LogP contribution in [-0.4, -0.2) is 54.9 Å². The lowest BCUT2D eigenvalue weighted by atomic mass is 10.0. The van der Waals surface area contributed by atoms with Gasteiger partial charge in [0.1, 0.15) is 5.69 Å². The zero-order chi connectivity index (χ0) is 24.3. The predicted molar refractivity (Wildman–Crippen MR) is 131 cm³/mol. The first-order chi connectivity index (χ1) is 15.5. The van der Waals surface area contributed by atoms with Gasteiger partial charge in [0.05, 0.1) is 4.90 Å². The van der Waals surface area contributed by atoms with E-state index in [2.05, 4.69) is 48.2 Å². The smallest absolute Gasteiger partial charge is 0.294 e. The Bertz CT molecular complexity index is 1250. The number of nitrogens with one attached hydrogen (secondary N) is 2. The first-order valence-electron chi connectivity index (χ1n) is 11.1. The second-order valence-electron chi connectivity index (χ2n) is 8.94. The number of amides is 1. The predicted octanol–water partition coefficient (Wildman–Crippen LogP) is 4.16. The molecule has 8 heteroatoms. The van der Waals surface area contributed by atoms with Crippen LogP contribution in [0.2, 0.25) is 0 Å². The van der Waals surface area contributed by atoms with Gasteiger partial charge >= 0.3 is 0 Å². The highest BCUT2D eigenvalue weighted by molar-refractivity contribution is 7.85. The molecule has 1 saturated heterocycles. The van der Waals surface area contributed by atoms with Crippen molar-refractivity contribution in [3.8, 4) is 0 Å². The molecule has 0 radical (unpaired) electrons. The third-order valence-corrected chi connectivity index (χ3v) is 7.00. The standard InChI is InChI=1S/C18H25N3O.C7H8O3S/c1-11-7-8-12(2)16-15(11)13(3)17(20-16)18(22)19-14-6-5-9-21(4)10-14;1-6-2-4-7(5-3-6)11(8,9)10/h7-8,14,20H,5-6,9-10H2,1-4H3,(H,19,22);2-5H,1H3,(H,8,9,10). The molecule has 1 aliphatic heterocycles. The number of benzene rings is 2. The molecule has 3 aromatic rings. The number of aromatic nitrogens is 1. The Morgan fingerprint density at radius 2 is 1.70 bits per heavy atom. The molecular formula is C25H33N3O4S. The maximum absolute atomic E-state index is 12.7. The molecule has 3 N–H and O–H groups in total. The Labute approximate surface area is 195 Å². The number of likely N-dealkylation sites (tertiary alicyclic amines) is 1. The Balaban J connectivity index is 0.000000235. The van der Waals surface area contributed by atoms with Crippen molar-refractivity contribution >= 4 is 26.9 Å². The van der Waals surface area contributed by atoms with Gasteiger partial charge in [-0.15, -0.1) is 0 Å². The van der Waals surface area contributed by atoms with Crippen LogP contribution < -0.4 is 5.32 Å². The average molecular weight is 472 g/mol. The summed E-state index contributed by atoms with van der Waals surface area (Å²) in [5, 5.41) is 4.38. The summed E-state index contributed by atoms with van der Waals surface area (Å²) in [5.41, 5.74) is 6.20. The molecule has 0 bridgehead atoms. The molecule has 178 valence electrons. The van der Waals surface area contributed by atoms with Gasteiger partial charge in [-0.1, -0.05) is 29.8 Å². The molecule has 7 nitrogen and oxygen atoms in total. The zero-order valence-electron chi connectivity index (χ0n) is 19.9. The molecule has 1 unspecified atom stereocenters. The van der Waals surface area contributed by atoms with Crippen molar-refractivity contribution < 1.29 is 17.8 Å². The summed E-state index contributed by atoms with van der Waals surface area (Å²) in [6, 6.07) is 10.5. The number of rotatable bonds is 3.